The number of sulfone groups is 1. The molecule has 0 saturated carbocycles. The van der Waals surface area contributed by atoms with Gasteiger partial charge in [-0.05, 0) is 48.4 Å². The zero-order valence-corrected chi connectivity index (χ0v) is 19.5. The van der Waals surface area contributed by atoms with E-state index >= 15 is 0 Å². The van der Waals surface area contributed by atoms with Gasteiger partial charge in [-0.15, -0.1) is 0 Å². The second-order valence-electron chi connectivity index (χ2n) is 8.02. The quantitative estimate of drug-likeness (QED) is 0.603. The van der Waals surface area contributed by atoms with E-state index in [0.717, 1.165) is 12.3 Å². The maximum absolute atomic E-state index is 15.0. The van der Waals surface area contributed by atoms with E-state index in [0.29, 0.717) is 22.5 Å². The Kier molecular flexibility index (Phi) is 6.26. The summed E-state index contributed by atoms with van der Waals surface area (Å²) in [6.45, 7) is 1.86. The Morgan fingerprint density at radius 1 is 1.18 bits per heavy atom. The summed E-state index contributed by atoms with van der Waals surface area (Å²) in [5, 5.41) is 0. The first kappa shape index (κ1) is 23.6. The van der Waals surface area contributed by atoms with Crippen molar-refractivity contribution >= 4 is 21.6 Å². The number of aromatic nitrogens is 1. The molecule has 1 amide bonds. The van der Waals surface area contributed by atoms with Crippen molar-refractivity contribution < 1.29 is 26.7 Å². The molecule has 4 rings (SSSR count). The molecule has 2 heterocycles. The van der Waals surface area contributed by atoms with Gasteiger partial charge in [-0.3, -0.25) is 4.79 Å². The van der Waals surface area contributed by atoms with Crippen molar-refractivity contribution in [2.45, 2.75) is 24.8 Å². The first-order chi connectivity index (χ1) is 16.1. The summed E-state index contributed by atoms with van der Waals surface area (Å²) in [6.07, 6.45) is 2.56. The fourth-order valence-electron chi connectivity index (χ4n) is 3.99. The van der Waals surface area contributed by atoms with E-state index < -0.39 is 32.3 Å². The number of halogens is 2. The van der Waals surface area contributed by atoms with Crippen molar-refractivity contribution in [3.8, 4) is 16.9 Å². The van der Waals surface area contributed by atoms with Gasteiger partial charge in [-0.1, -0.05) is 6.92 Å². The molecular weight excluding hydrogens is 464 g/mol. The molecule has 0 saturated heterocycles. The molecule has 0 aliphatic carbocycles. The Morgan fingerprint density at radius 2 is 1.94 bits per heavy atom. The predicted molar refractivity (Wildman–Crippen MR) is 123 cm³/mol. The average molecular weight is 488 g/mol. The summed E-state index contributed by atoms with van der Waals surface area (Å²) in [5.41, 5.74) is 7.35. The van der Waals surface area contributed by atoms with Gasteiger partial charge in [0.05, 0.1) is 6.54 Å². The summed E-state index contributed by atoms with van der Waals surface area (Å²) in [5.74, 6) is -1.60. The lowest BCUT2D eigenvalue weighted by atomic mass is 10.0. The molecule has 0 atom stereocenters. The highest BCUT2D eigenvalue weighted by molar-refractivity contribution is 7.90. The summed E-state index contributed by atoms with van der Waals surface area (Å²) in [4.78, 5) is 18.4. The zero-order valence-electron chi connectivity index (χ0n) is 18.6. The molecule has 2 N–H and O–H groups in total. The first-order valence-corrected chi connectivity index (χ1v) is 12.5. The van der Waals surface area contributed by atoms with Crippen molar-refractivity contribution in [1.29, 1.82) is 0 Å². The molecule has 0 fully saturated rings. The van der Waals surface area contributed by atoms with Crippen LogP contribution in [0.2, 0.25) is 0 Å². The van der Waals surface area contributed by atoms with Crippen LogP contribution in [-0.4, -0.2) is 43.6 Å². The second-order valence-corrected chi connectivity index (χ2v) is 10.0. The van der Waals surface area contributed by atoms with E-state index in [1.807, 2.05) is 0 Å². The number of carbonyl (C=O) groups is 1. The highest BCUT2D eigenvalue weighted by Gasteiger charge is 2.28. The Labute approximate surface area is 196 Å². The van der Waals surface area contributed by atoms with Crippen LogP contribution in [0.3, 0.4) is 0 Å². The minimum atomic E-state index is -3.79. The van der Waals surface area contributed by atoms with Gasteiger partial charge in [0, 0.05) is 41.3 Å². The lowest BCUT2D eigenvalue weighted by Gasteiger charge is -2.22. The third-order valence-corrected chi connectivity index (χ3v) is 6.80. The van der Waals surface area contributed by atoms with Gasteiger partial charge in [0.25, 0.3) is 5.91 Å². The monoisotopic (exact) mass is 487 g/mol. The van der Waals surface area contributed by atoms with E-state index in [1.54, 1.807) is 25.1 Å². The molecule has 1 aliphatic heterocycles. The summed E-state index contributed by atoms with van der Waals surface area (Å²) >= 11 is 0. The number of amides is 1. The van der Waals surface area contributed by atoms with Crippen molar-refractivity contribution in [1.82, 2.24) is 9.88 Å². The van der Waals surface area contributed by atoms with E-state index in [4.69, 9.17) is 10.5 Å². The molecule has 34 heavy (non-hydrogen) atoms. The van der Waals surface area contributed by atoms with Crippen molar-refractivity contribution in [2.75, 3.05) is 25.1 Å². The Bertz CT molecular complexity index is 1380. The minimum absolute atomic E-state index is 0.0196. The minimum Gasteiger partial charge on any atom is -0.488 e. The molecule has 2 aromatic carbocycles. The van der Waals surface area contributed by atoms with Crippen LogP contribution < -0.4 is 10.5 Å². The fraction of sp³-hybridized carbons (Fsp3) is 0.250. The highest BCUT2D eigenvalue weighted by atomic mass is 32.2. The molecule has 3 aromatic rings. The van der Waals surface area contributed by atoms with E-state index in [1.165, 1.54) is 23.2 Å². The van der Waals surface area contributed by atoms with Gasteiger partial charge >= 0.3 is 0 Å². The van der Waals surface area contributed by atoms with Crippen LogP contribution in [-0.2, 0) is 22.8 Å². The smallest absolute Gasteiger partial charge is 0.254 e. The van der Waals surface area contributed by atoms with Gasteiger partial charge in [-0.2, -0.15) is 0 Å². The van der Waals surface area contributed by atoms with Gasteiger partial charge < -0.3 is 15.4 Å². The number of pyridine rings is 1. The number of carbonyl (C=O) groups excluding carboxylic acids is 1. The maximum Gasteiger partial charge on any atom is 0.254 e. The number of fused-ring (bicyclic) bond motifs is 1. The topological polar surface area (TPSA) is 103 Å². The second kappa shape index (κ2) is 9.02. The van der Waals surface area contributed by atoms with E-state index in [-0.39, 0.29) is 43.0 Å². The van der Waals surface area contributed by atoms with Crippen LogP contribution in [0.5, 0.6) is 5.75 Å². The highest BCUT2D eigenvalue weighted by Crippen LogP contribution is 2.33. The van der Waals surface area contributed by atoms with Crippen molar-refractivity contribution in [2.24, 2.45) is 0 Å². The number of nitrogen functional groups attached to an aromatic ring is 1. The standard InChI is InChI=1S/C24H23F2N3O4S/c1-3-17-18(5-6-20(22(17)26)34(2,31)32)24(30)29-8-9-33-23-16(13-29)10-15(11-19(23)25)14-4-7-21(27)28-12-14/h4-7,10-12H,3,8-9,13H2,1-2H3,(H2,27,28). The van der Waals surface area contributed by atoms with Gasteiger partial charge in [0.2, 0.25) is 0 Å². The third kappa shape index (κ3) is 4.45. The number of nitrogens with two attached hydrogens (primary N) is 1. The molecule has 1 aliphatic rings. The fourth-order valence-corrected chi connectivity index (χ4v) is 4.75. The lowest BCUT2D eigenvalue weighted by molar-refractivity contribution is 0.0731. The summed E-state index contributed by atoms with van der Waals surface area (Å²) < 4.78 is 59.2. The number of nitrogens with zero attached hydrogens (tertiary/aromatic N) is 2. The lowest BCUT2D eigenvalue weighted by Crippen LogP contribution is -2.33. The Hall–Kier alpha value is -3.53. The number of hydrogen-bond donors (Lipinski definition) is 1. The molecule has 178 valence electrons. The van der Waals surface area contributed by atoms with Crippen LogP contribution >= 0.6 is 0 Å². The van der Waals surface area contributed by atoms with E-state index in [9.17, 15) is 22.0 Å². The summed E-state index contributed by atoms with van der Waals surface area (Å²) in [7, 11) is -3.79. The number of rotatable bonds is 4. The third-order valence-electron chi connectivity index (χ3n) is 5.69. The molecule has 0 radical (unpaired) electrons. The number of hydrogen-bond acceptors (Lipinski definition) is 6. The zero-order chi connectivity index (χ0) is 24.6. The van der Waals surface area contributed by atoms with Gasteiger partial charge in [0.15, 0.2) is 21.4 Å². The van der Waals surface area contributed by atoms with Gasteiger partial charge in [-0.25, -0.2) is 22.2 Å². The van der Waals surface area contributed by atoms with E-state index in [2.05, 4.69) is 4.98 Å². The molecule has 0 bridgehead atoms. The van der Waals surface area contributed by atoms with Crippen molar-refractivity contribution in [3.63, 3.8) is 0 Å². The molecule has 0 spiro atoms. The average Bonchev–Trinajstić information content (AvgIpc) is 3.01. The number of ether oxygens (including phenoxy) is 1. The Balaban J connectivity index is 1.72. The Morgan fingerprint density at radius 3 is 2.59 bits per heavy atom. The largest absolute Gasteiger partial charge is 0.488 e. The SMILES string of the molecule is CCc1c(C(=O)N2CCOc3c(F)cc(-c4ccc(N)nc4)cc3C2)ccc(S(C)(=O)=O)c1F. The molecule has 0 unspecified atom stereocenters. The van der Waals surface area contributed by atoms with Crippen LogP contribution in [0.4, 0.5) is 14.6 Å². The van der Waals surface area contributed by atoms with Crippen molar-refractivity contribution in [3.05, 3.63) is 70.9 Å². The normalized spacial score (nSPS) is 13.7. The molecular formula is C24H23F2N3O4S. The molecule has 1 aromatic heterocycles. The number of benzene rings is 2. The first-order valence-electron chi connectivity index (χ1n) is 10.6. The van der Waals surface area contributed by atoms with Crippen LogP contribution in [0.1, 0.15) is 28.4 Å². The number of anilines is 1. The van der Waals surface area contributed by atoms with Crippen LogP contribution in [0, 0.1) is 11.6 Å². The molecule has 7 nitrogen and oxygen atoms in total. The maximum atomic E-state index is 15.0. The molecule has 10 heteroatoms. The predicted octanol–water partition coefficient (Wildman–Crippen LogP) is 3.61. The van der Waals surface area contributed by atoms with Crippen LogP contribution in [0.15, 0.2) is 47.5 Å². The van der Waals surface area contributed by atoms with Crippen LogP contribution in [0.25, 0.3) is 11.1 Å². The summed E-state index contributed by atoms with van der Waals surface area (Å²) in [6, 6.07) is 8.79. The van der Waals surface area contributed by atoms with Gasteiger partial charge in [0.1, 0.15) is 23.1 Å².